The fourth-order valence-electron chi connectivity index (χ4n) is 1.77. The van der Waals surface area contributed by atoms with Crippen LogP contribution in [-0.4, -0.2) is 5.11 Å². The first-order chi connectivity index (χ1) is 9.10. The average Bonchev–Trinajstić information content (AvgIpc) is 2.40. The summed E-state index contributed by atoms with van der Waals surface area (Å²) in [6.45, 7) is 2.24. The van der Waals surface area contributed by atoms with E-state index in [1.54, 1.807) is 18.2 Å². The average molecular weight is 256 g/mol. The van der Waals surface area contributed by atoms with Crippen LogP contribution in [0, 0.1) is 24.1 Å². The molecule has 0 unspecified atom stereocenters. The lowest BCUT2D eigenvalue weighted by atomic mass is 10.1. The van der Waals surface area contributed by atoms with Crippen molar-refractivity contribution in [1.29, 1.82) is 5.26 Å². The van der Waals surface area contributed by atoms with Crippen LogP contribution >= 0.6 is 0 Å². The molecule has 0 heterocycles. The van der Waals surface area contributed by atoms with Crippen molar-refractivity contribution in [2.24, 2.45) is 0 Å². The van der Waals surface area contributed by atoms with Crippen molar-refractivity contribution in [2.45, 2.75) is 13.5 Å². The third kappa shape index (κ3) is 3.02. The summed E-state index contributed by atoms with van der Waals surface area (Å²) in [7, 11) is 0. The van der Waals surface area contributed by atoms with Gasteiger partial charge in [0, 0.05) is 12.1 Å². The molecule has 19 heavy (non-hydrogen) atoms. The number of hydrogen-bond donors (Lipinski definition) is 2. The van der Waals surface area contributed by atoms with E-state index in [4.69, 9.17) is 5.26 Å². The highest BCUT2D eigenvalue weighted by Crippen LogP contribution is 2.21. The Morgan fingerprint density at radius 3 is 2.74 bits per heavy atom. The van der Waals surface area contributed by atoms with Gasteiger partial charge in [-0.25, -0.2) is 4.39 Å². The minimum atomic E-state index is -0.480. The molecule has 3 nitrogen and oxygen atoms in total. The summed E-state index contributed by atoms with van der Waals surface area (Å²) < 4.78 is 13.6. The minimum Gasteiger partial charge on any atom is -0.508 e. The van der Waals surface area contributed by atoms with Crippen LogP contribution in [0.1, 0.15) is 16.7 Å². The van der Waals surface area contributed by atoms with Crippen molar-refractivity contribution in [3.63, 3.8) is 0 Å². The van der Waals surface area contributed by atoms with Gasteiger partial charge in [-0.05, 0) is 31.2 Å². The van der Waals surface area contributed by atoms with Gasteiger partial charge in [-0.2, -0.15) is 5.26 Å². The summed E-state index contributed by atoms with van der Waals surface area (Å²) in [5.41, 5.74) is 2.31. The second-order valence-corrected chi connectivity index (χ2v) is 4.29. The fraction of sp³-hybridized carbons (Fsp3) is 0.133. The van der Waals surface area contributed by atoms with Crippen LogP contribution < -0.4 is 5.32 Å². The van der Waals surface area contributed by atoms with Crippen molar-refractivity contribution >= 4 is 5.69 Å². The molecule has 0 aliphatic rings. The van der Waals surface area contributed by atoms with Crippen LogP contribution in [0.5, 0.6) is 5.75 Å². The van der Waals surface area contributed by atoms with Crippen LogP contribution in [0.2, 0.25) is 0 Å². The molecule has 4 heteroatoms. The largest absolute Gasteiger partial charge is 0.508 e. The van der Waals surface area contributed by atoms with Crippen LogP contribution in [0.25, 0.3) is 0 Å². The van der Waals surface area contributed by atoms with Crippen molar-refractivity contribution in [2.75, 3.05) is 5.32 Å². The topological polar surface area (TPSA) is 56.0 Å². The molecule has 0 radical (unpaired) electrons. The molecule has 2 rings (SSSR count). The van der Waals surface area contributed by atoms with E-state index < -0.39 is 5.82 Å². The number of aryl methyl sites for hydroxylation is 1. The Kier molecular flexibility index (Phi) is 3.67. The smallest absolute Gasteiger partial charge is 0.147 e. The standard InChI is InChI=1S/C15H13FN2O/c1-10-2-5-15(19)12(6-10)9-18-14-4-3-11(8-17)7-13(14)16/h2-7,18-19H,9H2,1H3. The van der Waals surface area contributed by atoms with Gasteiger partial charge in [-0.3, -0.25) is 0 Å². The SMILES string of the molecule is Cc1ccc(O)c(CNc2ccc(C#N)cc2F)c1. The first-order valence-electron chi connectivity index (χ1n) is 5.82. The van der Waals surface area contributed by atoms with E-state index in [9.17, 15) is 9.50 Å². The molecule has 0 aromatic heterocycles. The molecule has 0 aliphatic heterocycles. The predicted octanol–water partition coefficient (Wildman–Crippen LogP) is 3.32. The molecule has 0 bridgehead atoms. The van der Waals surface area contributed by atoms with E-state index in [1.165, 1.54) is 12.1 Å². The number of aromatic hydroxyl groups is 1. The number of phenolic OH excluding ortho intramolecular Hbond substituents is 1. The van der Waals surface area contributed by atoms with Gasteiger partial charge < -0.3 is 10.4 Å². The number of halogens is 1. The van der Waals surface area contributed by atoms with Gasteiger partial charge in [0.15, 0.2) is 0 Å². The van der Waals surface area contributed by atoms with E-state index in [-0.39, 0.29) is 11.3 Å². The van der Waals surface area contributed by atoms with Crippen molar-refractivity contribution in [3.05, 3.63) is 58.9 Å². The molecule has 96 valence electrons. The summed E-state index contributed by atoms with van der Waals surface area (Å²) in [6.07, 6.45) is 0. The molecule has 0 atom stereocenters. The van der Waals surface area contributed by atoms with Gasteiger partial charge in [-0.15, -0.1) is 0 Å². The minimum absolute atomic E-state index is 0.173. The molecular formula is C15H13FN2O. The number of nitrogens with one attached hydrogen (secondary N) is 1. The lowest BCUT2D eigenvalue weighted by Crippen LogP contribution is -2.02. The highest BCUT2D eigenvalue weighted by Gasteiger charge is 2.05. The van der Waals surface area contributed by atoms with E-state index in [0.29, 0.717) is 17.8 Å². The summed E-state index contributed by atoms with van der Waals surface area (Å²) in [6, 6.07) is 11.4. The number of hydrogen-bond acceptors (Lipinski definition) is 3. The fourth-order valence-corrected chi connectivity index (χ4v) is 1.77. The molecular weight excluding hydrogens is 243 g/mol. The Morgan fingerprint density at radius 1 is 1.26 bits per heavy atom. The van der Waals surface area contributed by atoms with E-state index in [2.05, 4.69) is 5.32 Å². The Balaban J connectivity index is 2.15. The number of benzene rings is 2. The van der Waals surface area contributed by atoms with Gasteiger partial charge in [0.1, 0.15) is 11.6 Å². The lowest BCUT2D eigenvalue weighted by Gasteiger charge is -2.10. The van der Waals surface area contributed by atoms with Gasteiger partial charge in [-0.1, -0.05) is 17.7 Å². The van der Waals surface area contributed by atoms with Crippen LogP contribution in [0.3, 0.4) is 0 Å². The zero-order valence-electron chi connectivity index (χ0n) is 10.4. The second kappa shape index (κ2) is 5.40. The van der Waals surface area contributed by atoms with Gasteiger partial charge >= 0.3 is 0 Å². The summed E-state index contributed by atoms with van der Waals surface area (Å²) in [5.74, 6) is -0.307. The maximum Gasteiger partial charge on any atom is 0.147 e. The Hall–Kier alpha value is -2.54. The van der Waals surface area contributed by atoms with Crippen molar-refractivity contribution in [3.8, 4) is 11.8 Å². The Morgan fingerprint density at radius 2 is 2.05 bits per heavy atom. The van der Waals surface area contributed by atoms with E-state index >= 15 is 0 Å². The Labute approximate surface area is 110 Å². The third-order valence-corrected chi connectivity index (χ3v) is 2.80. The molecule has 2 N–H and O–H groups in total. The first-order valence-corrected chi connectivity index (χ1v) is 5.82. The zero-order valence-corrected chi connectivity index (χ0v) is 10.4. The molecule has 0 fully saturated rings. The summed E-state index contributed by atoms with van der Waals surface area (Å²) in [4.78, 5) is 0. The quantitative estimate of drug-likeness (QED) is 0.885. The molecule has 0 saturated heterocycles. The van der Waals surface area contributed by atoms with E-state index in [0.717, 1.165) is 5.56 Å². The van der Waals surface area contributed by atoms with Gasteiger partial charge in [0.25, 0.3) is 0 Å². The molecule has 0 saturated carbocycles. The highest BCUT2D eigenvalue weighted by atomic mass is 19.1. The van der Waals surface area contributed by atoms with Crippen LogP contribution in [0.4, 0.5) is 10.1 Å². The molecule has 2 aromatic rings. The van der Waals surface area contributed by atoms with Gasteiger partial charge in [0.05, 0.1) is 17.3 Å². The van der Waals surface area contributed by atoms with Gasteiger partial charge in [0.2, 0.25) is 0 Å². The third-order valence-electron chi connectivity index (χ3n) is 2.80. The van der Waals surface area contributed by atoms with Crippen LogP contribution in [0.15, 0.2) is 36.4 Å². The number of rotatable bonds is 3. The lowest BCUT2D eigenvalue weighted by molar-refractivity contribution is 0.469. The second-order valence-electron chi connectivity index (χ2n) is 4.29. The van der Waals surface area contributed by atoms with Crippen molar-refractivity contribution in [1.82, 2.24) is 0 Å². The highest BCUT2D eigenvalue weighted by molar-refractivity contribution is 5.50. The number of nitrogens with zero attached hydrogens (tertiary/aromatic N) is 1. The molecule has 0 amide bonds. The predicted molar refractivity (Wildman–Crippen MR) is 71.3 cm³/mol. The zero-order chi connectivity index (χ0) is 13.8. The monoisotopic (exact) mass is 256 g/mol. The van der Waals surface area contributed by atoms with Crippen molar-refractivity contribution < 1.29 is 9.50 Å². The molecule has 2 aromatic carbocycles. The van der Waals surface area contributed by atoms with E-state index in [1.807, 2.05) is 19.1 Å². The maximum absolute atomic E-state index is 13.6. The summed E-state index contributed by atoms with van der Waals surface area (Å²) in [5, 5.41) is 21.2. The Bertz CT molecular complexity index is 647. The van der Waals surface area contributed by atoms with Crippen LogP contribution in [-0.2, 0) is 6.54 Å². The first kappa shape index (κ1) is 12.9. The number of phenols is 1. The molecule has 0 aliphatic carbocycles. The number of nitriles is 1. The normalized spacial score (nSPS) is 9.95. The summed E-state index contributed by atoms with van der Waals surface area (Å²) >= 11 is 0. The maximum atomic E-state index is 13.6. The number of anilines is 1. The molecule has 0 spiro atoms.